The fourth-order valence-corrected chi connectivity index (χ4v) is 3.00. The van der Waals surface area contributed by atoms with E-state index in [1.807, 2.05) is 6.92 Å². The number of carboxylic acids is 1. The largest absolute Gasteiger partial charge is 0.484 e. The van der Waals surface area contributed by atoms with Gasteiger partial charge < -0.3 is 15.6 Å². The van der Waals surface area contributed by atoms with Crippen LogP contribution >= 0.6 is 0 Å². The van der Waals surface area contributed by atoms with Gasteiger partial charge in [0, 0.05) is 23.4 Å². The third-order valence-corrected chi connectivity index (χ3v) is 4.56. The maximum absolute atomic E-state index is 11.5. The lowest BCUT2D eigenvalue weighted by Gasteiger charge is -2.16. The third-order valence-electron chi connectivity index (χ3n) is 4.56. The normalized spacial score (nSPS) is 11.8. The summed E-state index contributed by atoms with van der Waals surface area (Å²) in [6.45, 7) is 4.03. The molecule has 0 heterocycles. The quantitative estimate of drug-likeness (QED) is 0.248. The molecule has 0 aliphatic heterocycles. The van der Waals surface area contributed by atoms with Gasteiger partial charge in [-0.1, -0.05) is 38.3 Å². The summed E-state index contributed by atoms with van der Waals surface area (Å²) in [6.07, 6.45) is 5.08. The van der Waals surface area contributed by atoms with Crippen molar-refractivity contribution in [3.8, 4) is 16.9 Å². The lowest BCUT2D eigenvalue weighted by Crippen LogP contribution is -2.13. The van der Waals surface area contributed by atoms with Gasteiger partial charge in [0.15, 0.2) is 5.75 Å². The first-order chi connectivity index (χ1) is 13.3. The number of ether oxygens (including phenoxy) is 1. The number of nitrogens with zero attached hydrogens (tertiary/aromatic N) is 1. The predicted molar refractivity (Wildman–Crippen MR) is 109 cm³/mol. The molecule has 7 nitrogen and oxygen atoms in total. The molecule has 3 N–H and O–H groups in total. The van der Waals surface area contributed by atoms with Crippen LogP contribution in [0.25, 0.3) is 11.1 Å². The number of benzene rings is 2. The van der Waals surface area contributed by atoms with Crippen LogP contribution < -0.4 is 10.5 Å². The predicted octanol–water partition coefficient (Wildman–Crippen LogP) is 5.28. The van der Waals surface area contributed by atoms with Crippen molar-refractivity contribution in [2.75, 3.05) is 5.73 Å². The van der Waals surface area contributed by atoms with Gasteiger partial charge in [-0.25, -0.2) is 4.79 Å². The molecule has 1 atom stereocenters. The number of nitro benzene ring substituents is 1. The Balaban J connectivity index is 2.26. The van der Waals surface area contributed by atoms with E-state index in [0.717, 1.165) is 32.1 Å². The fraction of sp³-hybridized carbons (Fsp3) is 0.381. The molecule has 2 aromatic rings. The van der Waals surface area contributed by atoms with Crippen molar-refractivity contribution in [1.29, 1.82) is 0 Å². The van der Waals surface area contributed by atoms with Gasteiger partial charge in [0.25, 0.3) is 0 Å². The fourth-order valence-electron chi connectivity index (χ4n) is 3.00. The number of aromatic carboxylic acids is 1. The highest BCUT2D eigenvalue weighted by Gasteiger charge is 2.21. The van der Waals surface area contributed by atoms with Crippen molar-refractivity contribution in [2.24, 2.45) is 0 Å². The van der Waals surface area contributed by atoms with Crippen LogP contribution in [0.2, 0.25) is 0 Å². The van der Waals surface area contributed by atoms with Gasteiger partial charge in [-0.05, 0) is 37.5 Å². The van der Waals surface area contributed by atoms with Gasteiger partial charge in [-0.3, -0.25) is 10.1 Å². The molecule has 0 saturated carbocycles. The Morgan fingerprint density at radius 3 is 2.46 bits per heavy atom. The molecule has 2 aromatic carbocycles. The Morgan fingerprint density at radius 1 is 1.21 bits per heavy atom. The number of hydrogen-bond acceptors (Lipinski definition) is 5. The van der Waals surface area contributed by atoms with Crippen LogP contribution in [-0.4, -0.2) is 22.1 Å². The first-order valence-corrected chi connectivity index (χ1v) is 9.41. The van der Waals surface area contributed by atoms with Crippen molar-refractivity contribution < 1.29 is 19.6 Å². The van der Waals surface area contributed by atoms with E-state index in [0.29, 0.717) is 16.8 Å². The molecule has 28 heavy (non-hydrogen) atoms. The van der Waals surface area contributed by atoms with Crippen molar-refractivity contribution in [3.63, 3.8) is 0 Å². The highest BCUT2D eigenvalue weighted by Crippen LogP contribution is 2.38. The molecule has 0 fully saturated rings. The van der Waals surface area contributed by atoms with Gasteiger partial charge >= 0.3 is 11.7 Å². The van der Waals surface area contributed by atoms with Gasteiger partial charge in [0.05, 0.1) is 16.6 Å². The van der Waals surface area contributed by atoms with Crippen molar-refractivity contribution in [3.05, 3.63) is 52.1 Å². The summed E-state index contributed by atoms with van der Waals surface area (Å²) in [5.41, 5.74) is 7.49. The zero-order valence-corrected chi connectivity index (χ0v) is 16.2. The first kappa shape index (κ1) is 21.2. The summed E-state index contributed by atoms with van der Waals surface area (Å²) < 4.78 is 5.81. The number of unbranched alkanes of at least 4 members (excludes halogenated alkanes) is 3. The van der Waals surface area contributed by atoms with Crippen LogP contribution in [-0.2, 0) is 0 Å². The molecular formula is C21H26N2O5. The lowest BCUT2D eigenvalue weighted by atomic mass is 10.0. The zero-order valence-electron chi connectivity index (χ0n) is 16.2. The van der Waals surface area contributed by atoms with E-state index < -0.39 is 10.9 Å². The Hall–Kier alpha value is -3.09. The van der Waals surface area contributed by atoms with Crippen LogP contribution in [0.1, 0.15) is 56.3 Å². The number of nitro groups is 1. The maximum Gasteiger partial charge on any atom is 0.335 e. The SMILES string of the molecule is CCCCCC[C@@H](C)Oc1cc(N)c(-c2ccc(C(=O)O)cc2)cc1[N+](=O)[O-]. The number of nitrogens with two attached hydrogens (primary N) is 1. The number of carbonyl (C=O) groups is 1. The summed E-state index contributed by atoms with van der Waals surface area (Å²) in [5, 5.41) is 20.5. The molecule has 0 aliphatic carbocycles. The van der Waals surface area contributed by atoms with Crippen LogP contribution in [0.3, 0.4) is 0 Å². The number of carboxylic acid groups (broad SMARTS) is 1. The average Bonchev–Trinajstić information content (AvgIpc) is 2.65. The smallest absolute Gasteiger partial charge is 0.335 e. The maximum atomic E-state index is 11.5. The van der Waals surface area contributed by atoms with Crippen LogP contribution in [0.15, 0.2) is 36.4 Å². The molecule has 0 amide bonds. The molecule has 0 radical (unpaired) electrons. The molecular weight excluding hydrogens is 360 g/mol. The van der Waals surface area contributed by atoms with E-state index in [2.05, 4.69) is 6.92 Å². The second-order valence-corrected chi connectivity index (χ2v) is 6.82. The highest BCUT2D eigenvalue weighted by atomic mass is 16.6. The van der Waals surface area contributed by atoms with Gasteiger partial charge in [0.1, 0.15) is 0 Å². The molecule has 0 aliphatic rings. The number of nitrogen functional groups attached to an aromatic ring is 1. The van der Waals surface area contributed by atoms with E-state index in [9.17, 15) is 14.9 Å². The Kier molecular flexibility index (Phi) is 7.37. The van der Waals surface area contributed by atoms with Gasteiger partial charge in [-0.2, -0.15) is 0 Å². The molecule has 0 bridgehead atoms. The third kappa shape index (κ3) is 5.45. The average molecular weight is 386 g/mol. The molecule has 7 heteroatoms. The van der Waals surface area contributed by atoms with Crippen LogP contribution in [0, 0.1) is 10.1 Å². The zero-order chi connectivity index (χ0) is 20.7. The summed E-state index contributed by atoms with van der Waals surface area (Å²) in [6, 6.07) is 8.88. The molecule has 0 unspecified atom stereocenters. The van der Waals surface area contributed by atoms with Crippen molar-refractivity contribution in [2.45, 2.75) is 52.1 Å². The van der Waals surface area contributed by atoms with Crippen LogP contribution in [0.4, 0.5) is 11.4 Å². The number of rotatable bonds is 10. The lowest BCUT2D eigenvalue weighted by molar-refractivity contribution is -0.386. The Bertz CT molecular complexity index is 833. The molecule has 0 saturated heterocycles. The second-order valence-electron chi connectivity index (χ2n) is 6.82. The summed E-state index contributed by atoms with van der Waals surface area (Å²) in [7, 11) is 0. The Labute approximate surface area is 164 Å². The minimum Gasteiger partial charge on any atom is -0.484 e. The second kappa shape index (κ2) is 9.73. The van der Waals surface area contributed by atoms with E-state index >= 15 is 0 Å². The van der Waals surface area contributed by atoms with E-state index in [-0.39, 0.29) is 23.1 Å². The monoisotopic (exact) mass is 386 g/mol. The highest BCUT2D eigenvalue weighted by molar-refractivity contribution is 5.89. The first-order valence-electron chi connectivity index (χ1n) is 9.41. The minimum absolute atomic E-state index is 0.133. The van der Waals surface area contributed by atoms with E-state index in [4.69, 9.17) is 15.6 Å². The van der Waals surface area contributed by atoms with Crippen LogP contribution in [0.5, 0.6) is 5.75 Å². The standard InChI is InChI=1S/C21H26N2O5/c1-3-4-5-6-7-14(2)28-20-13-18(22)17(12-19(20)23(26)27)15-8-10-16(11-9-15)21(24)25/h8-14H,3-7,22H2,1-2H3,(H,24,25)/t14-/m1/s1. The van der Waals surface area contributed by atoms with E-state index in [1.165, 1.54) is 24.3 Å². The summed E-state index contributed by atoms with van der Waals surface area (Å²) in [5.74, 6) is -0.890. The summed E-state index contributed by atoms with van der Waals surface area (Å²) in [4.78, 5) is 22.0. The molecule has 0 aromatic heterocycles. The van der Waals surface area contributed by atoms with Crippen molar-refractivity contribution in [1.82, 2.24) is 0 Å². The van der Waals surface area contributed by atoms with E-state index in [1.54, 1.807) is 12.1 Å². The minimum atomic E-state index is -1.04. The topological polar surface area (TPSA) is 116 Å². The van der Waals surface area contributed by atoms with Gasteiger partial charge in [-0.15, -0.1) is 0 Å². The molecule has 0 spiro atoms. The van der Waals surface area contributed by atoms with Crippen molar-refractivity contribution >= 4 is 17.3 Å². The molecule has 2 rings (SSSR count). The Morgan fingerprint density at radius 2 is 1.89 bits per heavy atom. The summed E-state index contributed by atoms with van der Waals surface area (Å²) >= 11 is 0. The van der Waals surface area contributed by atoms with Gasteiger partial charge in [0.2, 0.25) is 0 Å². The molecule has 150 valence electrons. The number of hydrogen-bond donors (Lipinski definition) is 2. The number of anilines is 1.